The third-order valence-corrected chi connectivity index (χ3v) is 7.80. The van der Waals surface area contributed by atoms with Crippen LogP contribution in [0.25, 0.3) is 11.1 Å². The number of sulfone groups is 1. The highest BCUT2D eigenvalue weighted by Crippen LogP contribution is 2.56. The van der Waals surface area contributed by atoms with E-state index < -0.39 is 21.5 Å². The van der Waals surface area contributed by atoms with Crippen LogP contribution in [0.2, 0.25) is 0 Å². The van der Waals surface area contributed by atoms with Crippen LogP contribution < -0.4 is 9.47 Å². The fourth-order valence-electron chi connectivity index (χ4n) is 4.83. The predicted octanol–water partition coefficient (Wildman–Crippen LogP) is 5.39. The van der Waals surface area contributed by atoms with Crippen LogP contribution >= 0.6 is 0 Å². The molecule has 1 saturated carbocycles. The highest BCUT2D eigenvalue weighted by atomic mass is 32.2. The maximum atomic E-state index is 15.4. The third-order valence-electron chi connectivity index (χ3n) is 6.77. The lowest BCUT2D eigenvalue weighted by molar-refractivity contribution is 0.292. The van der Waals surface area contributed by atoms with E-state index in [-0.39, 0.29) is 30.1 Å². The molecule has 1 fully saturated rings. The second kappa shape index (κ2) is 9.22. The van der Waals surface area contributed by atoms with Crippen molar-refractivity contribution in [3.8, 4) is 22.8 Å². The van der Waals surface area contributed by atoms with Crippen molar-refractivity contribution >= 4 is 9.84 Å². The van der Waals surface area contributed by atoms with Gasteiger partial charge in [0.1, 0.15) is 33.8 Å². The minimum Gasteiger partial charge on any atom is -0.489 e. The summed E-state index contributed by atoms with van der Waals surface area (Å²) in [6, 6.07) is 10.2. The second-order valence-electron chi connectivity index (χ2n) is 9.51. The normalized spacial score (nSPS) is 18.2. The summed E-state index contributed by atoms with van der Waals surface area (Å²) in [4.78, 5) is 4.22. The van der Waals surface area contributed by atoms with Crippen molar-refractivity contribution in [1.29, 1.82) is 0 Å². The van der Waals surface area contributed by atoms with Gasteiger partial charge < -0.3 is 9.47 Å². The van der Waals surface area contributed by atoms with Gasteiger partial charge in [0.15, 0.2) is 0 Å². The fourth-order valence-corrected chi connectivity index (χ4v) is 5.47. The Balaban J connectivity index is 1.29. The molecule has 5 nitrogen and oxygen atoms in total. The smallest absolute Gasteiger partial charge is 0.213 e. The quantitative estimate of drug-likeness (QED) is 0.370. The summed E-state index contributed by atoms with van der Waals surface area (Å²) < 4.78 is 63.7. The van der Waals surface area contributed by atoms with Crippen LogP contribution in [0.1, 0.15) is 41.0 Å². The average Bonchev–Trinajstić information content (AvgIpc) is 3.47. The molecular formula is C27H27F2NO4S. The number of hydrogen-bond acceptors (Lipinski definition) is 5. The minimum atomic E-state index is -3.05. The van der Waals surface area contributed by atoms with Crippen molar-refractivity contribution in [2.75, 3.05) is 18.6 Å². The van der Waals surface area contributed by atoms with Crippen molar-refractivity contribution in [2.24, 2.45) is 5.92 Å². The topological polar surface area (TPSA) is 65.5 Å². The molecule has 35 heavy (non-hydrogen) atoms. The Morgan fingerprint density at radius 1 is 1.09 bits per heavy atom. The Labute approximate surface area is 204 Å². The molecule has 2 aliphatic rings. The van der Waals surface area contributed by atoms with Crippen molar-refractivity contribution in [1.82, 2.24) is 4.98 Å². The molecule has 2 atom stereocenters. The maximum absolute atomic E-state index is 15.4. The Bertz CT molecular complexity index is 1390. The average molecular weight is 500 g/mol. The van der Waals surface area contributed by atoms with Gasteiger partial charge in [0.05, 0.1) is 17.9 Å². The first-order chi connectivity index (χ1) is 16.7. The van der Waals surface area contributed by atoms with Gasteiger partial charge in [-0.15, -0.1) is 0 Å². The third kappa shape index (κ3) is 5.17. The van der Waals surface area contributed by atoms with E-state index in [4.69, 9.17) is 9.47 Å². The lowest BCUT2D eigenvalue weighted by Gasteiger charge is -2.14. The zero-order chi connectivity index (χ0) is 24.7. The number of pyridine rings is 1. The van der Waals surface area contributed by atoms with Crippen molar-refractivity contribution in [3.63, 3.8) is 0 Å². The number of nitrogens with zero attached hydrogens (tertiary/aromatic N) is 1. The number of aryl methyl sites for hydroxylation is 1. The zero-order valence-corrected chi connectivity index (χ0v) is 20.5. The van der Waals surface area contributed by atoms with Crippen LogP contribution in [0.15, 0.2) is 42.6 Å². The van der Waals surface area contributed by atoms with Crippen LogP contribution in [0.3, 0.4) is 0 Å². The fraction of sp³-hybridized carbons (Fsp3) is 0.370. The van der Waals surface area contributed by atoms with E-state index in [2.05, 4.69) is 11.1 Å². The lowest BCUT2D eigenvalue weighted by atomic mass is 9.99. The first-order valence-electron chi connectivity index (χ1n) is 11.7. The molecule has 3 aromatic rings. The van der Waals surface area contributed by atoms with Gasteiger partial charge in [-0.05, 0) is 79.0 Å². The Morgan fingerprint density at radius 3 is 2.69 bits per heavy atom. The molecular weight excluding hydrogens is 472 g/mol. The number of halogens is 2. The zero-order valence-electron chi connectivity index (χ0n) is 19.7. The van der Waals surface area contributed by atoms with Crippen LogP contribution in [-0.4, -0.2) is 32.0 Å². The molecule has 1 heterocycles. The molecule has 8 heteroatoms. The molecule has 0 bridgehead atoms. The summed E-state index contributed by atoms with van der Waals surface area (Å²) in [5.74, 6) is 1.07. The van der Waals surface area contributed by atoms with E-state index in [1.807, 2.05) is 12.1 Å². The molecule has 0 N–H and O–H groups in total. The van der Waals surface area contributed by atoms with Crippen molar-refractivity contribution in [3.05, 3.63) is 76.5 Å². The molecule has 0 radical (unpaired) electrons. The van der Waals surface area contributed by atoms with Gasteiger partial charge in [-0.2, -0.15) is 0 Å². The van der Waals surface area contributed by atoms with E-state index in [1.165, 1.54) is 42.1 Å². The number of ether oxygens (including phenoxy) is 2. The Hall–Kier alpha value is -3.00. The molecule has 2 aliphatic carbocycles. The van der Waals surface area contributed by atoms with Gasteiger partial charge in [-0.3, -0.25) is 0 Å². The van der Waals surface area contributed by atoms with Crippen LogP contribution in [0, 0.1) is 24.5 Å². The van der Waals surface area contributed by atoms with Crippen molar-refractivity contribution in [2.45, 2.75) is 38.7 Å². The summed E-state index contributed by atoms with van der Waals surface area (Å²) in [6.45, 7) is 1.77. The Kier molecular flexibility index (Phi) is 6.25. The first-order valence-corrected chi connectivity index (χ1v) is 13.8. The molecule has 0 spiro atoms. The van der Waals surface area contributed by atoms with E-state index in [1.54, 1.807) is 13.0 Å². The Morgan fingerprint density at radius 2 is 1.91 bits per heavy atom. The molecule has 0 amide bonds. The summed E-state index contributed by atoms with van der Waals surface area (Å²) in [6.07, 6.45) is 5.32. The molecule has 5 rings (SSSR count). The number of aromatic nitrogens is 1. The lowest BCUT2D eigenvalue weighted by Crippen LogP contribution is -2.08. The number of rotatable bonds is 9. The molecule has 2 unspecified atom stereocenters. The number of hydrogen-bond donors (Lipinski definition) is 0. The van der Waals surface area contributed by atoms with E-state index in [0.717, 1.165) is 12.3 Å². The second-order valence-corrected chi connectivity index (χ2v) is 11.8. The highest BCUT2D eigenvalue weighted by molar-refractivity contribution is 7.90. The molecule has 2 aromatic carbocycles. The first kappa shape index (κ1) is 23.7. The molecule has 1 aromatic heterocycles. The standard InChI is InChI=1S/C27H27F2NO4S/c1-16-10-26(33-8-3-9-35(2,31)32)30-14-23(16)21-6-7-25(28)24(27(21)29)15-34-19-4-5-20-17(12-19)11-18-13-22(18)20/h4-7,10,12,14,18,22H,3,8-9,11,13,15H2,1-2H3. The van der Waals surface area contributed by atoms with Gasteiger partial charge >= 0.3 is 0 Å². The van der Waals surface area contributed by atoms with Crippen LogP contribution in [-0.2, 0) is 22.9 Å². The largest absolute Gasteiger partial charge is 0.489 e. The van der Waals surface area contributed by atoms with Crippen LogP contribution in [0.4, 0.5) is 8.78 Å². The van der Waals surface area contributed by atoms with Gasteiger partial charge in [-0.25, -0.2) is 22.2 Å². The number of fused-ring (bicyclic) bond motifs is 3. The maximum Gasteiger partial charge on any atom is 0.213 e. The summed E-state index contributed by atoms with van der Waals surface area (Å²) in [5.41, 5.74) is 3.97. The number of benzene rings is 2. The summed E-state index contributed by atoms with van der Waals surface area (Å²) in [5, 5.41) is 0. The minimum absolute atomic E-state index is 0.0300. The van der Waals surface area contributed by atoms with Gasteiger partial charge in [0.25, 0.3) is 0 Å². The molecule has 0 saturated heterocycles. The van der Waals surface area contributed by atoms with Crippen LogP contribution in [0.5, 0.6) is 11.6 Å². The van der Waals surface area contributed by atoms with Gasteiger partial charge in [-0.1, -0.05) is 6.07 Å². The molecule has 0 aliphatic heterocycles. The van der Waals surface area contributed by atoms with E-state index >= 15 is 4.39 Å². The van der Waals surface area contributed by atoms with E-state index in [9.17, 15) is 12.8 Å². The van der Waals surface area contributed by atoms with E-state index in [0.29, 0.717) is 35.1 Å². The van der Waals surface area contributed by atoms with Gasteiger partial charge in [0, 0.05) is 29.6 Å². The monoisotopic (exact) mass is 499 g/mol. The summed E-state index contributed by atoms with van der Waals surface area (Å²) in [7, 11) is -3.05. The SMILES string of the molecule is Cc1cc(OCCCS(C)(=O)=O)ncc1-c1ccc(F)c(COc2ccc3c(c2)CC2CC32)c1F. The molecule has 184 valence electrons. The summed E-state index contributed by atoms with van der Waals surface area (Å²) >= 11 is 0. The van der Waals surface area contributed by atoms with Gasteiger partial charge in [0.2, 0.25) is 5.88 Å². The highest BCUT2D eigenvalue weighted by Gasteiger charge is 2.44. The van der Waals surface area contributed by atoms with Crippen molar-refractivity contribution < 1.29 is 26.7 Å². The predicted molar refractivity (Wildman–Crippen MR) is 129 cm³/mol.